The molecule has 1 aromatic heterocycles. The Morgan fingerprint density at radius 1 is 1.54 bits per heavy atom. The summed E-state index contributed by atoms with van der Waals surface area (Å²) >= 11 is 4.85. The Morgan fingerprint density at radius 3 is 3.00 bits per heavy atom. The Hall–Kier alpha value is -1.42. The first kappa shape index (κ1) is 8.19. The maximum atomic E-state index is 5.48. The zero-order valence-corrected chi connectivity index (χ0v) is 7.89. The number of aryl methyl sites for hydroxylation is 1. The molecule has 0 fully saturated rings. The third-order valence-corrected chi connectivity index (χ3v) is 2.02. The maximum absolute atomic E-state index is 5.48. The van der Waals surface area contributed by atoms with E-state index in [1.54, 1.807) is 13.0 Å². The highest BCUT2D eigenvalue weighted by atomic mass is 32.1. The molecule has 4 heteroatoms. The Kier molecular flexibility index (Phi) is 1.77. The normalized spacial score (nSPS) is 10.5. The minimum atomic E-state index is 0.371. The lowest BCUT2D eigenvalue weighted by molar-refractivity contribution is 0.561. The van der Waals surface area contributed by atoms with Crippen molar-refractivity contribution in [3.63, 3.8) is 0 Å². The Morgan fingerprint density at radius 2 is 2.31 bits per heavy atom. The van der Waals surface area contributed by atoms with Crippen LogP contribution in [-0.4, -0.2) is 9.97 Å². The molecule has 2 aromatic rings. The van der Waals surface area contributed by atoms with Crippen LogP contribution >= 0.6 is 12.2 Å². The van der Waals surface area contributed by atoms with Crippen LogP contribution in [0.3, 0.4) is 0 Å². The zero-order valence-electron chi connectivity index (χ0n) is 7.07. The number of nitrogens with zero attached hydrogens (tertiary/aromatic N) is 1. The summed E-state index contributed by atoms with van der Waals surface area (Å²) in [5.41, 5.74) is 7.84. The van der Waals surface area contributed by atoms with E-state index in [0.717, 1.165) is 16.7 Å². The fraction of sp³-hybridized carbons (Fsp3) is 0.111. The van der Waals surface area contributed by atoms with Gasteiger partial charge in [0, 0.05) is 12.5 Å². The third-order valence-electron chi connectivity index (χ3n) is 1.78. The van der Waals surface area contributed by atoms with Gasteiger partial charge in [0.25, 0.3) is 0 Å². The van der Waals surface area contributed by atoms with Crippen LogP contribution in [0, 0.1) is 6.92 Å². The van der Waals surface area contributed by atoms with Gasteiger partial charge in [-0.25, -0.2) is 4.98 Å². The molecular weight excluding hydrogens is 184 g/mol. The van der Waals surface area contributed by atoms with Crippen LogP contribution < -0.4 is 5.73 Å². The van der Waals surface area contributed by atoms with Gasteiger partial charge in [0.05, 0.1) is 0 Å². The molecular formula is C9H8N2OS. The van der Waals surface area contributed by atoms with Gasteiger partial charge in [0.1, 0.15) is 10.5 Å². The van der Waals surface area contributed by atoms with Gasteiger partial charge in [0.2, 0.25) is 0 Å². The van der Waals surface area contributed by atoms with Crippen molar-refractivity contribution < 1.29 is 4.42 Å². The standard InChI is InChI=1S/C9H8N2OS/c1-5-11-7-3-2-6(9(10)13)4-8(7)12-5/h2-4H,1H3,(H2,10,13). The monoisotopic (exact) mass is 192 g/mol. The molecule has 1 heterocycles. The minimum absolute atomic E-state index is 0.371. The highest BCUT2D eigenvalue weighted by Gasteiger charge is 2.03. The van der Waals surface area contributed by atoms with Crippen molar-refractivity contribution in [2.24, 2.45) is 5.73 Å². The predicted molar refractivity (Wildman–Crippen MR) is 54.6 cm³/mol. The fourth-order valence-corrected chi connectivity index (χ4v) is 1.32. The topological polar surface area (TPSA) is 52.0 Å². The number of fused-ring (bicyclic) bond motifs is 1. The quantitative estimate of drug-likeness (QED) is 0.699. The van der Waals surface area contributed by atoms with Gasteiger partial charge in [-0.3, -0.25) is 0 Å². The third kappa shape index (κ3) is 1.40. The van der Waals surface area contributed by atoms with Crippen LogP contribution in [0.5, 0.6) is 0 Å². The van der Waals surface area contributed by atoms with Gasteiger partial charge < -0.3 is 10.2 Å². The maximum Gasteiger partial charge on any atom is 0.192 e. The summed E-state index contributed by atoms with van der Waals surface area (Å²) in [6, 6.07) is 5.49. The van der Waals surface area contributed by atoms with Crippen molar-refractivity contribution in [2.45, 2.75) is 6.92 Å². The van der Waals surface area contributed by atoms with Gasteiger partial charge >= 0.3 is 0 Å². The van der Waals surface area contributed by atoms with E-state index in [9.17, 15) is 0 Å². The lowest BCUT2D eigenvalue weighted by atomic mass is 10.2. The molecule has 1 aromatic carbocycles. The molecule has 2 rings (SSSR count). The second-order valence-corrected chi connectivity index (χ2v) is 3.22. The molecule has 0 atom stereocenters. The lowest BCUT2D eigenvalue weighted by Crippen LogP contribution is -2.08. The van der Waals surface area contributed by atoms with Crippen LogP contribution in [0.25, 0.3) is 11.1 Å². The van der Waals surface area contributed by atoms with Gasteiger partial charge in [-0.15, -0.1) is 0 Å². The number of hydrogen-bond acceptors (Lipinski definition) is 3. The number of hydrogen-bond donors (Lipinski definition) is 1. The predicted octanol–water partition coefficient (Wildman–Crippen LogP) is 1.77. The summed E-state index contributed by atoms with van der Waals surface area (Å²) in [6.45, 7) is 1.81. The van der Waals surface area contributed by atoms with E-state index in [1.807, 2.05) is 12.1 Å². The first-order valence-electron chi connectivity index (χ1n) is 3.84. The van der Waals surface area contributed by atoms with Crippen LogP contribution in [0.15, 0.2) is 22.6 Å². The highest BCUT2D eigenvalue weighted by Crippen LogP contribution is 2.16. The molecule has 0 amide bonds. The minimum Gasteiger partial charge on any atom is -0.441 e. The van der Waals surface area contributed by atoms with Crippen molar-refractivity contribution >= 4 is 28.3 Å². The molecule has 0 aliphatic heterocycles. The second kappa shape index (κ2) is 2.81. The SMILES string of the molecule is Cc1nc2ccc(C(N)=S)cc2o1. The molecule has 0 bridgehead atoms. The van der Waals surface area contributed by atoms with Gasteiger partial charge in [-0.1, -0.05) is 12.2 Å². The number of oxazole rings is 1. The molecule has 0 radical (unpaired) electrons. The van der Waals surface area contributed by atoms with E-state index in [1.165, 1.54) is 0 Å². The van der Waals surface area contributed by atoms with E-state index >= 15 is 0 Å². The first-order chi connectivity index (χ1) is 6.16. The number of thiocarbonyl (C=S) groups is 1. The van der Waals surface area contributed by atoms with Crippen molar-refractivity contribution in [1.82, 2.24) is 4.98 Å². The van der Waals surface area contributed by atoms with E-state index in [2.05, 4.69) is 4.98 Å². The zero-order chi connectivity index (χ0) is 9.42. The summed E-state index contributed by atoms with van der Waals surface area (Å²) in [5.74, 6) is 0.648. The molecule has 0 aliphatic carbocycles. The fourth-order valence-electron chi connectivity index (χ4n) is 1.19. The molecule has 3 nitrogen and oxygen atoms in total. The largest absolute Gasteiger partial charge is 0.441 e. The Balaban J connectivity index is 2.67. The molecule has 66 valence electrons. The van der Waals surface area contributed by atoms with Crippen LogP contribution in [-0.2, 0) is 0 Å². The summed E-state index contributed by atoms with van der Waals surface area (Å²) < 4.78 is 5.33. The Bertz CT molecular complexity index is 475. The summed E-state index contributed by atoms with van der Waals surface area (Å²) in [6.07, 6.45) is 0. The van der Waals surface area contributed by atoms with E-state index in [-0.39, 0.29) is 0 Å². The van der Waals surface area contributed by atoms with Crippen molar-refractivity contribution in [3.05, 3.63) is 29.7 Å². The summed E-state index contributed by atoms with van der Waals surface area (Å²) in [4.78, 5) is 4.53. The second-order valence-electron chi connectivity index (χ2n) is 2.78. The van der Waals surface area contributed by atoms with E-state index < -0.39 is 0 Å². The first-order valence-corrected chi connectivity index (χ1v) is 4.24. The summed E-state index contributed by atoms with van der Waals surface area (Å²) in [7, 11) is 0. The molecule has 0 spiro atoms. The highest BCUT2D eigenvalue weighted by molar-refractivity contribution is 7.80. The average molecular weight is 192 g/mol. The van der Waals surface area contributed by atoms with E-state index in [0.29, 0.717) is 10.9 Å². The van der Waals surface area contributed by atoms with Crippen LogP contribution in [0.4, 0.5) is 0 Å². The molecule has 13 heavy (non-hydrogen) atoms. The lowest BCUT2D eigenvalue weighted by Gasteiger charge is -1.94. The van der Waals surface area contributed by atoms with E-state index in [4.69, 9.17) is 22.4 Å². The average Bonchev–Trinajstić information content (AvgIpc) is 2.42. The molecule has 0 saturated heterocycles. The van der Waals surface area contributed by atoms with Crippen molar-refractivity contribution in [1.29, 1.82) is 0 Å². The number of rotatable bonds is 1. The van der Waals surface area contributed by atoms with Gasteiger partial charge in [-0.05, 0) is 18.2 Å². The van der Waals surface area contributed by atoms with Crippen molar-refractivity contribution in [2.75, 3.05) is 0 Å². The molecule has 0 aliphatic rings. The number of aromatic nitrogens is 1. The van der Waals surface area contributed by atoms with Crippen molar-refractivity contribution in [3.8, 4) is 0 Å². The van der Waals surface area contributed by atoms with Crippen LogP contribution in [0.1, 0.15) is 11.5 Å². The molecule has 0 saturated carbocycles. The number of nitrogens with two attached hydrogens (primary N) is 1. The Labute approximate surface area is 80.6 Å². The van der Waals surface area contributed by atoms with Gasteiger partial charge in [0.15, 0.2) is 11.5 Å². The molecule has 0 unspecified atom stereocenters. The van der Waals surface area contributed by atoms with Crippen LogP contribution in [0.2, 0.25) is 0 Å². The number of benzene rings is 1. The van der Waals surface area contributed by atoms with Gasteiger partial charge in [-0.2, -0.15) is 0 Å². The summed E-state index contributed by atoms with van der Waals surface area (Å²) in [5, 5.41) is 0. The smallest absolute Gasteiger partial charge is 0.192 e. The molecule has 2 N–H and O–H groups in total.